The molecule has 0 unspecified atom stereocenters. The van der Waals surface area contributed by atoms with Gasteiger partial charge in [0.1, 0.15) is 0 Å². The highest BCUT2D eigenvalue weighted by Gasteiger charge is 2.25. The van der Waals surface area contributed by atoms with E-state index in [1.54, 1.807) is 28.8 Å². The SMILES string of the molecule is Cc1ccccc1[C@H](NS(=O)(=O)c1ccc2c(c1)sc(=O)n2Cc1ccccc1Cl)c1ccccc1. The van der Waals surface area contributed by atoms with Gasteiger partial charge in [-0.15, -0.1) is 0 Å². The minimum absolute atomic E-state index is 0.107. The largest absolute Gasteiger partial charge is 0.308 e. The van der Waals surface area contributed by atoms with Gasteiger partial charge in [0, 0.05) is 5.02 Å². The second-order valence-electron chi connectivity index (χ2n) is 8.50. The quantitative estimate of drug-likeness (QED) is 0.272. The Bertz CT molecular complexity index is 1710. The lowest BCUT2D eigenvalue weighted by Crippen LogP contribution is -2.30. The zero-order valence-electron chi connectivity index (χ0n) is 19.4. The van der Waals surface area contributed by atoms with E-state index in [4.69, 9.17) is 11.6 Å². The van der Waals surface area contributed by atoms with E-state index in [1.807, 2.05) is 79.7 Å². The molecule has 0 spiro atoms. The average Bonchev–Trinajstić information content (AvgIpc) is 3.19. The summed E-state index contributed by atoms with van der Waals surface area (Å²) in [5.74, 6) is 0. The molecule has 182 valence electrons. The molecule has 0 amide bonds. The number of hydrogen-bond acceptors (Lipinski definition) is 4. The van der Waals surface area contributed by atoms with Crippen molar-refractivity contribution in [1.29, 1.82) is 0 Å². The summed E-state index contributed by atoms with van der Waals surface area (Å²) in [6, 6.07) is 28.8. The summed E-state index contributed by atoms with van der Waals surface area (Å²) in [5, 5.41) is 0.579. The molecule has 0 fully saturated rings. The van der Waals surface area contributed by atoms with E-state index in [2.05, 4.69) is 4.72 Å². The number of aromatic nitrogens is 1. The second-order valence-corrected chi connectivity index (χ2v) is 11.6. The fraction of sp³-hybridized carbons (Fsp3) is 0.107. The van der Waals surface area contributed by atoms with Crippen molar-refractivity contribution in [3.05, 3.63) is 134 Å². The average molecular weight is 535 g/mol. The minimum Gasteiger partial charge on any atom is -0.294 e. The first-order valence-electron chi connectivity index (χ1n) is 11.3. The maximum absolute atomic E-state index is 13.6. The van der Waals surface area contributed by atoms with Gasteiger partial charge in [0.2, 0.25) is 10.0 Å². The number of fused-ring (bicyclic) bond motifs is 1. The van der Waals surface area contributed by atoms with Gasteiger partial charge in [-0.2, -0.15) is 4.72 Å². The van der Waals surface area contributed by atoms with Crippen molar-refractivity contribution in [3.8, 4) is 0 Å². The van der Waals surface area contributed by atoms with Crippen LogP contribution in [-0.2, 0) is 16.6 Å². The van der Waals surface area contributed by atoms with Gasteiger partial charge in [-0.25, -0.2) is 8.42 Å². The molecule has 1 heterocycles. The van der Waals surface area contributed by atoms with E-state index in [0.29, 0.717) is 21.8 Å². The Balaban J connectivity index is 1.52. The molecular weight excluding hydrogens is 512 g/mol. The third kappa shape index (κ3) is 4.88. The molecule has 1 atom stereocenters. The molecule has 5 aromatic rings. The summed E-state index contributed by atoms with van der Waals surface area (Å²) in [6.07, 6.45) is 0. The van der Waals surface area contributed by atoms with Crippen molar-refractivity contribution in [1.82, 2.24) is 9.29 Å². The Morgan fingerprint density at radius 3 is 2.36 bits per heavy atom. The molecule has 0 aliphatic heterocycles. The van der Waals surface area contributed by atoms with Crippen LogP contribution in [0.1, 0.15) is 28.3 Å². The summed E-state index contributed by atoms with van der Waals surface area (Å²) in [5.41, 5.74) is 4.20. The zero-order valence-corrected chi connectivity index (χ0v) is 21.8. The lowest BCUT2D eigenvalue weighted by atomic mass is 9.96. The Hall–Kier alpha value is -3.23. The third-order valence-electron chi connectivity index (χ3n) is 6.14. The first-order valence-corrected chi connectivity index (χ1v) is 14.0. The Kier molecular flexibility index (Phi) is 6.81. The van der Waals surface area contributed by atoms with E-state index < -0.39 is 16.1 Å². The fourth-order valence-electron chi connectivity index (χ4n) is 4.25. The number of nitrogens with one attached hydrogen (secondary N) is 1. The number of benzene rings is 4. The summed E-state index contributed by atoms with van der Waals surface area (Å²) < 4.78 is 32.2. The van der Waals surface area contributed by atoms with Crippen LogP contribution in [0, 0.1) is 6.92 Å². The van der Waals surface area contributed by atoms with Crippen LogP contribution in [0.5, 0.6) is 0 Å². The molecular formula is C28H23ClN2O3S2. The van der Waals surface area contributed by atoms with E-state index >= 15 is 0 Å². The lowest BCUT2D eigenvalue weighted by Gasteiger charge is -2.21. The van der Waals surface area contributed by atoms with Gasteiger partial charge < -0.3 is 0 Å². The number of rotatable bonds is 7. The summed E-state index contributed by atoms with van der Waals surface area (Å²) in [4.78, 5) is 12.7. The highest BCUT2D eigenvalue weighted by Crippen LogP contribution is 2.29. The van der Waals surface area contributed by atoms with Crippen molar-refractivity contribution in [2.75, 3.05) is 0 Å². The van der Waals surface area contributed by atoms with Crippen molar-refractivity contribution in [2.45, 2.75) is 24.4 Å². The molecule has 0 saturated heterocycles. The molecule has 0 aliphatic rings. The number of hydrogen-bond donors (Lipinski definition) is 1. The molecule has 1 N–H and O–H groups in total. The van der Waals surface area contributed by atoms with Crippen molar-refractivity contribution >= 4 is 43.2 Å². The van der Waals surface area contributed by atoms with Crippen LogP contribution in [0.3, 0.4) is 0 Å². The summed E-state index contributed by atoms with van der Waals surface area (Å²) in [6.45, 7) is 2.27. The van der Waals surface area contributed by atoms with Crippen LogP contribution in [-0.4, -0.2) is 13.0 Å². The van der Waals surface area contributed by atoms with E-state index in [1.165, 1.54) is 0 Å². The fourth-order valence-corrected chi connectivity index (χ4v) is 6.68. The minimum atomic E-state index is -3.91. The molecule has 0 bridgehead atoms. The Morgan fingerprint density at radius 1 is 0.917 bits per heavy atom. The van der Waals surface area contributed by atoms with Crippen molar-refractivity contribution in [3.63, 3.8) is 0 Å². The van der Waals surface area contributed by atoms with Gasteiger partial charge in [-0.1, -0.05) is 95.7 Å². The predicted molar refractivity (Wildman–Crippen MR) is 146 cm³/mol. The van der Waals surface area contributed by atoms with Gasteiger partial charge >= 0.3 is 4.87 Å². The molecule has 4 aromatic carbocycles. The topological polar surface area (TPSA) is 68.2 Å². The predicted octanol–water partition coefficient (Wildman–Crippen LogP) is 6.14. The molecule has 0 radical (unpaired) electrons. The second kappa shape index (κ2) is 10.0. The lowest BCUT2D eigenvalue weighted by molar-refractivity contribution is 0.572. The Morgan fingerprint density at radius 2 is 1.61 bits per heavy atom. The zero-order chi connectivity index (χ0) is 25.3. The molecule has 5 rings (SSSR count). The standard InChI is InChI=1S/C28H23ClN2O3S2/c1-19-9-5-7-13-23(19)27(20-10-3-2-4-11-20)30-36(33,34)22-15-16-25-26(17-22)35-28(32)31(25)18-21-12-6-8-14-24(21)29/h2-17,27,30H,18H2,1H3/t27-/m1/s1. The van der Waals surface area contributed by atoms with Crippen LogP contribution < -0.4 is 9.60 Å². The van der Waals surface area contributed by atoms with Gasteiger partial charge in [0.15, 0.2) is 0 Å². The van der Waals surface area contributed by atoms with Crippen molar-refractivity contribution < 1.29 is 8.42 Å². The number of sulfonamides is 1. The van der Waals surface area contributed by atoms with Crippen LogP contribution in [0.4, 0.5) is 0 Å². The molecule has 8 heteroatoms. The van der Waals surface area contributed by atoms with E-state index in [9.17, 15) is 13.2 Å². The normalized spacial score (nSPS) is 12.6. The van der Waals surface area contributed by atoms with E-state index in [0.717, 1.165) is 33.6 Å². The van der Waals surface area contributed by atoms with Gasteiger partial charge in [0.05, 0.1) is 27.7 Å². The van der Waals surface area contributed by atoms with Gasteiger partial charge in [-0.05, 0) is 53.4 Å². The molecule has 0 aliphatic carbocycles. The van der Waals surface area contributed by atoms with Gasteiger partial charge in [-0.3, -0.25) is 9.36 Å². The van der Waals surface area contributed by atoms with Crippen LogP contribution >= 0.6 is 22.9 Å². The smallest absolute Gasteiger partial charge is 0.294 e. The maximum atomic E-state index is 13.6. The number of halogens is 1. The number of thiazole rings is 1. The number of nitrogens with zero attached hydrogens (tertiary/aromatic N) is 1. The molecule has 36 heavy (non-hydrogen) atoms. The first-order chi connectivity index (χ1) is 17.3. The monoisotopic (exact) mass is 534 g/mol. The van der Waals surface area contributed by atoms with Crippen LogP contribution in [0.25, 0.3) is 10.2 Å². The third-order valence-corrected chi connectivity index (χ3v) is 8.87. The number of aryl methyl sites for hydroxylation is 1. The highest BCUT2D eigenvalue weighted by molar-refractivity contribution is 7.89. The highest BCUT2D eigenvalue weighted by atomic mass is 35.5. The molecule has 5 nitrogen and oxygen atoms in total. The summed E-state index contributed by atoms with van der Waals surface area (Å²) >= 11 is 7.31. The molecule has 0 saturated carbocycles. The van der Waals surface area contributed by atoms with E-state index in [-0.39, 0.29) is 9.77 Å². The van der Waals surface area contributed by atoms with Crippen LogP contribution in [0.15, 0.2) is 107 Å². The van der Waals surface area contributed by atoms with Crippen molar-refractivity contribution in [2.24, 2.45) is 0 Å². The molecule has 1 aromatic heterocycles. The van der Waals surface area contributed by atoms with Crippen LogP contribution in [0.2, 0.25) is 5.02 Å². The maximum Gasteiger partial charge on any atom is 0.308 e. The summed E-state index contributed by atoms with van der Waals surface area (Å²) in [7, 11) is -3.91. The van der Waals surface area contributed by atoms with Gasteiger partial charge in [0.25, 0.3) is 0 Å². The first kappa shape index (κ1) is 24.5. The Labute approximate surface area is 218 Å².